The van der Waals surface area contributed by atoms with E-state index >= 15 is 0 Å². The van der Waals surface area contributed by atoms with Gasteiger partial charge in [-0.3, -0.25) is 0 Å². The van der Waals surface area contributed by atoms with Crippen LogP contribution in [-0.2, 0) is 13.1 Å². The van der Waals surface area contributed by atoms with Gasteiger partial charge in [0, 0.05) is 28.5 Å². The van der Waals surface area contributed by atoms with Gasteiger partial charge < -0.3 is 9.88 Å². The van der Waals surface area contributed by atoms with E-state index in [1.54, 1.807) is 0 Å². The summed E-state index contributed by atoms with van der Waals surface area (Å²) in [6, 6.07) is 8.67. The minimum Gasteiger partial charge on any atom is -0.333 e. The van der Waals surface area contributed by atoms with E-state index in [-0.39, 0.29) is 0 Å². The van der Waals surface area contributed by atoms with Gasteiger partial charge in [-0.2, -0.15) is 0 Å². The molecule has 3 rings (SSSR count). The molecule has 2 aromatic heterocycles. The van der Waals surface area contributed by atoms with Crippen LogP contribution >= 0.6 is 11.3 Å². The molecule has 0 atom stereocenters. The molecule has 1 aromatic carbocycles. The van der Waals surface area contributed by atoms with Crippen molar-refractivity contribution in [2.24, 2.45) is 0 Å². The quantitative estimate of drug-likeness (QED) is 0.701. The standard InChI is InChI=1S/C16H19N3S/c1-2-7-17-10-16-14(11-19-9-8-18-12-19)13-5-3-4-6-15(13)20-16/h3-6,8-9,12,17H,2,7,10-11H2,1H3. The molecule has 0 amide bonds. The van der Waals surface area contributed by atoms with E-state index in [1.807, 2.05) is 30.1 Å². The fourth-order valence-corrected chi connectivity index (χ4v) is 3.59. The third-order valence-electron chi connectivity index (χ3n) is 3.39. The van der Waals surface area contributed by atoms with Gasteiger partial charge in [0.2, 0.25) is 0 Å². The molecule has 0 radical (unpaired) electrons. The van der Waals surface area contributed by atoms with E-state index < -0.39 is 0 Å². The Bertz CT molecular complexity index is 670. The first-order valence-corrected chi connectivity index (χ1v) is 7.86. The van der Waals surface area contributed by atoms with Gasteiger partial charge in [0.1, 0.15) is 0 Å². The number of rotatable bonds is 6. The SMILES string of the molecule is CCCNCc1sc2ccccc2c1Cn1ccnc1. The van der Waals surface area contributed by atoms with Crippen molar-refractivity contribution in [1.82, 2.24) is 14.9 Å². The maximum Gasteiger partial charge on any atom is 0.0949 e. The van der Waals surface area contributed by atoms with Crippen LogP contribution in [0.3, 0.4) is 0 Å². The minimum atomic E-state index is 0.896. The molecule has 2 heterocycles. The number of hydrogen-bond acceptors (Lipinski definition) is 3. The molecule has 0 bridgehead atoms. The van der Waals surface area contributed by atoms with Crippen LogP contribution in [0, 0.1) is 0 Å². The number of benzene rings is 1. The summed E-state index contributed by atoms with van der Waals surface area (Å²) >= 11 is 1.90. The zero-order valence-electron chi connectivity index (χ0n) is 11.7. The first-order chi connectivity index (χ1) is 9.88. The van der Waals surface area contributed by atoms with E-state index in [0.717, 1.165) is 19.6 Å². The second-order valence-electron chi connectivity index (χ2n) is 4.91. The number of imidazole rings is 1. The lowest BCUT2D eigenvalue weighted by molar-refractivity contribution is 0.674. The van der Waals surface area contributed by atoms with Gasteiger partial charge in [0.05, 0.1) is 12.9 Å². The van der Waals surface area contributed by atoms with Crippen LogP contribution in [-0.4, -0.2) is 16.1 Å². The molecular formula is C16H19N3S. The summed E-state index contributed by atoms with van der Waals surface area (Å²) in [4.78, 5) is 5.58. The van der Waals surface area contributed by atoms with Gasteiger partial charge in [-0.1, -0.05) is 25.1 Å². The number of nitrogens with one attached hydrogen (secondary N) is 1. The van der Waals surface area contributed by atoms with Crippen LogP contribution in [0.5, 0.6) is 0 Å². The minimum absolute atomic E-state index is 0.896. The lowest BCUT2D eigenvalue weighted by Gasteiger charge is -2.07. The Morgan fingerprint density at radius 1 is 1.30 bits per heavy atom. The van der Waals surface area contributed by atoms with Gasteiger partial charge >= 0.3 is 0 Å². The van der Waals surface area contributed by atoms with Crippen molar-refractivity contribution in [3.63, 3.8) is 0 Å². The van der Waals surface area contributed by atoms with E-state index in [4.69, 9.17) is 0 Å². The van der Waals surface area contributed by atoms with Crippen molar-refractivity contribution in [2.75, 3.05) is 6.54 Å². The largest absolute Gasteiger partial charge is 0.333 e. The molecule has 20 heavy (non-hydrogen) atoms. The third-order valence-corrected chi connectivity index (χ3v) is 4.61. The van der Waals surface area contributed by atoms with Gasteiger partial charge in [0.25, 0.3) is 0 Å². The summed E-state index contributed by atoms with van der Waals surface area (Å²) in [5, 5.41) is 4.89. The molecule has 0 unspecified atom stereocenters. The Morgan fingerprint density at radius 3 is 3.00 bits per heavy atom. The average molecular weight is 285 g/mol. The smallest absolute Gasteiger partial charge is 0.0949 e. The molecule has 0 saturated carbocycles. The number of nitrogens with zero attached hydrogens (tertiary/aromatic N) is 2. The normalized spacial score (nSPS) is 11.2. The lowest BCUT2D eigenvalue weighted by Crippen LogP contribution is -2.14. The predicted molar refractivity (Wildman–Crippen MR) is 85.2 cm³/mol. The molecule has 3 aromatic rings. The van der Waals surface area contributed by atoms with Crippen molar-refractivity contribution in [2.45, 2.75) is 26.4 Å². The van der Waals surface area contributed by atoms with E-state index in [0.29, 0.717) is 0 Å². The first-order valence-electron chi connectivity index (χ1n) is 7.04. The molecule has 0 aliphatic rings. The van der Waals surface area contributed by atoms with Crippen molar-refractivity contribution in [1.29, 1.82) is 0 Å². The summed E-state index contributed by atoms with van der Waals surface area (Å²) in [6.07, 6.45) is 6.91. The van der Waals surface area contributed by atoms with E-state index in [2.05, 4.69) is 46.1 Å². The third kappa shape index (κ3) is 2.76. The highest BCUT2D eigenvalue weighted by Crippen LogP contribution is 2.31. The average Bonchev–Trinajstić information content (AvgIpc) is 3.09. The highest BCUT2D eigenvalue weighted by molar-refractivity contribution is 7.19. The predicted octanol–water partition coefficient (Wildman–Crippen LogP) is 3.65. The van der Waals surface area contributed by atoms with Crippen LogP contribution in [0.2, 0.25) is 0 Å². The molecule has 0 fully saturated rings. The highest BCUT2D eigenvalue weighted by Gasteiger charge is 2.11. The topological polar surface area (TPSA) is 29.9 Å². The Labute approximate surface area is 123 Å². The molecule has 0 spiro atoms. The van der Waals surface area contributed by atoms with Crippen molar-refractivity contribution in [3.05, 3.63) is 53.4 Å². The van der Waals surface area contributed by atoms with E-state index in [1.165, 1.54) is 26.9 Å². The first kappa shape index (κ1) is 13.3. The zero-order valence-corrected chi connectivity index (χ0v) is 12.5. The molecule has 104 valence electrons. The van der Waals surface area contributed by atoms with Crippen LogP contribution < -0.4 is 5.32 Å². The Hall–Kier alpha value is -1.65. The molecule has 1 N–H and O–H groups in total. The van der Waals surface area contributed by atoms with Gasteiger partial charge in [-0.05, 0) is 30.0 Å². The monoisotopic (exact) mass is 285 g/mol. The molecular weight excluding hydrogens is 266 g/mol. The fraction of sp³-hybridized carbons (Fsp3) is 0.312. The maximum absolute atomic E-state index is 4.14. The maximum atomic E-state index is 4.14. The highest BCUT2D eigenvalue weighted by atomic mass is 32.1. The Balaban J connectivity index is 1.94. The number of hydrogen-bond donors (Lipinski definition) is 1. The van der Waals surface area contributed by atoms with Crippen LogP contribution in [0.4, 0.5) is 0 Å². The van der Waals surface area contributed by atoms with Crippen molar-refractivity contribution >= 4 is 21.4 Å². The van der Waals surface area contributed by atoms with Crippen molar-refractivity contribution < 1.29 is 0 Å². The van der Waals surface area contributed by atoms with Crippen molar-refractivity contribution in [3.8, 4) is 0 Å². The Kier molecular flexibility index (Phi) is 4.14. The van der Waals surface area contributed by atoms with Crippen LogP contribution in [0.1, 0.15) is 23.8 Å². The van der Waals surface area contributed by atoms with Crippen LogP contribution in [0.15, 0.2) is 43.0 Å². The Morgan fingerprint density at radius 2 is 2.20 bits per heavy atom. The summed E-state index contributed by atoms with van der Waals surface area (Å²) < 4.78 is 3.51. The van der Waals surface area contributed by atoms with Crippen LogP contribution in [0.25, 0.3) is 10.1 Å². The van der Waals surface area contributed by atoms with Gasteiger partial charge in [-0.15, -0.1) is 11.3 Å². The molecule has 0 aliphatic carbocycles. The molecule has 3 nitrogen and oxygen atoms in total. The van der Waals surface area contributed by atoms with Gasteiger partial charge in [-0.25, -0.2) is 4.98 Å². The summed E-state index contributed by atoms with van der Waals surface area (Å²) in [5.74, 6) is 0. The molecule has 4 heteroatoms. The second-order valence-corrected chi connectivity index (χ2v) is 6.05. The molecule has 0 aliphatic heterocycles. The number of fused-ring (bicyclic) bond motifs is 1. The zero-order chi connectivity index (χ0) is 13.8. The number of thiophene rings is 1. The summed E-state index contributed by atoms with van der Waals surface area (Å²) in [6.45, 7) is 5.12. The lowest BCUT2D eigenvalue weighted by atomic mass is 10.1. The number of aromatic nitrogens is 2. The van der Waals surface area contributed by atoms with Gasteiger partial charge in [0.15, 0.2) is 0 Å². The summed E-state index contributed by atoms with van der Waals surface area (Å²) in [7, 11) is 0. The molecule has 0 saturated heterocycles. The second kappa shape index (κ2) is 6.20. The van der Waals surface area contributed by atoms with E-state index in [9.17, 15) is 0 Å². The fourth-order valence-electron chi connectivity index (χ4n) is 2.41. The summed E-state index contributed by atoms with van der Waals surface area (Å²) in [5.41, 5.74) is 1.42.